The first-order valence-electron chi connectivity index (χ1n) is 19.9. The Balaban J connectivity index is 1.34. The first kappa shape index (κ1) is 37.9. The van der Waals surface area contributed by atoms with Crippen LogP contribution in [0.5, 0.6) is 23.0 Å². The molecule has 0 heterocycles. The number of fused-ring (bicyclic) bond motifs is 10. The maximum atomic E-state index is 17.0. The van der Waals surface area contributed by atoms with Crippen molar-refractivity contribution >= 4 is 46.9 Å². The topological polar surface area (TPSA) is 54.0 Å². The van der Waals surface area contributed by atoms with E-state index in [1.807, 2.05) is 48.5 Å². The molecule has 8 aromatic carbocycles. The zero-order chi connectivity index (χ0) is 41.0. The second-order valence-electron chi connectivity index (χ2n) is 15.0. The van der Waals surface area contributed by atoms with Crippen molar-refractivity contribution < 1.29 is 23.5 Å². The Labute approximate surface area is 352 Å². The summed E-state index contributed by atoms with van der Waals surface area (Å²) in [6, 6.07) is 63.4. The van der Waals surface area contributed by atoms with Crippen LogP contribution in [0.25, 0.3) is 22.3 Å². The van der Waals surface area contributed by atoms with Gasteiger partial charge in [0.2, 0.25) is 0 Å². The van der Waals surface area contributed by atoms with Crippen molar-refractivity contribution in [3.05, 3.63) is 204 Å². The molecule has 1 spiro atoms. The van der Waals surface area contributed by atoms with E-state index >= 15 is 4.57 Å². The molecule has 0 saturated carbocycles. The van der Waals surface area contributed by atoms with E-state index in [2.05, 4.69) is 133 Å². The van der Waals surface area contributed by atoms with E-state index in [-0.39, 0.29) is 0 Å². The van der Waals surface area contributed by atoms with Crippen LogP contribution in [0, 0.1) is 0 Å². The van der Waals surface area contributed by atoms with Crippen LogP contribution in [0.15, 0.2) is 182 Å². The molecule has 0 fully saturated rings. The van der Waals surface area contributed by atoms with Crippen molar-refractivity contribution in [2.24, 2.45) is 0 Å². The molecule has 2 aliphatic rings. The van der Waals surface area contributed by atoms with Gasteiger partial charge in [-0.1, -0.05) is 109 Å². The Hall–Kier alpha value is -6.38. The molecule has 2 aliphatic carbocycles. The van der Waals surface area contributed by atoms with Gasteiger partial charge in [0, 0.05) is 15.9 Å². The fraction of sp³-hybridized carbons (Fsp3) is 0.0943. The molecule has 0 N–H and O–H groups in total. The van der Waals surface area contributed by atoms with Crippen LogP contribution in [0.1, 0.15) is 22.3 Å². The summed E-state index contributed by atoms with van der Waals surface area (Å²) in [7, 11) is 1.95. The standard InChI is InChI=1S/C53H42O5P2/c1-55-35-19-27-39(28-20-35)59(40-29-21-36(56-2)22-30-40)49-17-9-13-45-43-11-5-7-15-47(43)53(51(45)49)48-16-8-6-12-44(48)46-14-10-18-50(52(46)53)60(54,41-31-23-37(57-3)24-32-41)42-33-25-38(58-4)26-34-42/h5-34H,1-4H3/t53-/m1/s1. The highest BCUT2D eigenvalue weighted by atomic mass is 31.2. The fourth-order valence-electron chi connectivity index (χ4n) is 9.57. The van der Waals surface area contributed by atoms with Gasteiger partial charge in [-0.15, -0.1) is 0 Å². The van der Waals surface area contributed by atoms with Gasteiger partial charge in [-0.3, -0.25) is 0 Å². The third-order valence-electron chi connectivity index (χ3n) is 12.2. The zero-order valence-corrected chi connectivity index (χ0v) is 35.5. The van der Waals surface area contributed by atoms with Gasteiger partial charge in [0.15, 0.2) is 7.14 Å². The van der Waals surface area contributed by atoms with Crippen LogP contribution in [0.4, 0.5) is 0 Å². The molecule has 0 aromatic heterocycles. The zero-order valence-electron chi connectivity index (χ0n) is 33.8. The van der Waals surface area contributed by atoms with Gasteiger partial charge in [-0.2, -0.15) is 0 Å². The highest BCUT2D eigenvalue weighted by Gasteiger charge is 2.56. The lowest BCUT2D eigenvalue weighted by atomic mass is 9.70. The van der Waals surface area contributed by atoms with Crippen LogP contribution in [-0.2, 0) is 9.98 Å². The van der Waals surface area contributed by atoms with Gasteiger partial charge in [0.05, 0.1) is 33.9 Å². The van der Waals surface area contributed by atoms with E-state index < -0.39 is 20.5 Å². The van der Waals surface area contributed by atoms with Crippen LogP contribution in [0.3, 0.4) is 0 Å². The van der Waals surface area contributed by atoms with E-state index in [1.54, 1.807) is 28.4 Å². The Kier molecular flexibility index (Phi) is 9.48. The van der Waals surface area contributed by atoms with Gasteiger partial charge < -0.3 is 23.5 Å². The van der Waals surface area contributed by atoms with Crippen LogP contribution in [0.2, 0.25) is 0 Å². The molecule has 7 heteroatoms. The lowest BCUT2D eigenvalue weighted by molar-refractivity contribution is 0.415. The summed E-state index contributed by atoms with van der Waals surface area (Å²) >= 11 is 0. The lowest BCUT2D eigenvalue weighted by Crippen LogP contribution is -2.38. The number of ether oxygens (including phenoxy) is 4. The summed E-state index contributed by atoms with van der Waals surface area (Å²) in [4.78, 5) is 0. The van der Waals surface area contributed by atoms with Gasteiger partial charge in [0.1, 0.15) is 23.0 Å². The molecule has 60 heavy (non-hydrogen) atoms. The number of methoxy groups -OCH3 is 4. The van der Waals surface area contributed by atoms with Crippen molar-refractivity contribution in [2.75, 3.05) is 28.4 Å². The monoisotopic (exact) mass is 820 g/mol. The number of rotatable bonds is 10. The predicted octanol–water partition coefficient (Wildman–Crippen LogP) is 9.46. The predicted molar refractivity (Wildman–Crippen MR) is 247 cm³/mol. The maximum Gasteiger partial charge on any atom is 0.171 e. The molecule has 0 unspecified atom stereocenters. The van der Waals surface area contributed by atoms with Crippen molar-refractivity contribution in [1.29, 1.82) is 0 Å². The van der Waals surface area contributed by atoms with Crippen molar-refractivity contribution in [3.8, 4) is 45.3 Å². The number of benzene rings is 8. The van der Waals surface area contributed by atoms with E-state index in [1.165, 1.54) is 43.7 Å². The molecule has 10 rings (SSSR count). The van der Waals surface area contributed by atoms with E-state index in [9.17, 15) is 0 Å². The molecule has 8 aromatic rings. The molecule has 1 atom stereocenters. The molecule has 5 nitrogen and oxygen atoms in total. The summed E-state index contributed by atoms with van der Waals surface area (Å²) in [5.74, 6) is 3.02. The molecule has 0 radical (unpaired) electrons. The fourth-order valence-corrected chi connectivity index (χ4v) is 15.0. The van der Waals surface area contributed by atoms with Crippen LogP contribution < -0.4 is 50.8 Å². The summed E-state index contributed by atoms with van der Waals surface area (Å²) in [6.07, 6.45) is 0. The van der Waals surface area contributed by atoms with Gasteiger partial charge >= 0.3 is 0 Å². The summed E-state index contributed by atoms with van der Waals surface area (Å²) in [5.41, 5.74) is 8.40. The average molecular weight is 821 g/mol. The Morgan fingerprint density at radius 1 is 0.400 bits per heavy atom. The highest BCUT2D eigenvalue weighted by Crippen LogP contribution is 2.65. The molecule has 0 amide bonds. The molecule has 0 saturated heterocycles. The van der Waals surface area contributed by atoms with E-state index in [4.69, 9.17) is 18.9 Å². The largest absolute Gasteiger partial charge is 0.497 e. The minimum Gasteiger partial charge on any atom is -0.497 e. The molecule has 0 bridgehead atoms. The SMILES string of the molecule is COc1ccc(P(c2ccc(OC)cc2)c2cccc3c2[C@@]2(c4ccccc4-3)c3ccccc3-c3cccc(P(=O)(c4ccc(OC)cc4)c4ccc(OC)cc4)c32)cc1. The van der Waals surface area contributed by atoms with Crippen LogP contribution in [-0.4, -0.2) is 28.4 Å². The summed E-state index contributed by atoms with van der Waals surface area (Å²) < 4.78 is 39.5. The van der Waals surface area contributed by atoms with Crippen molar-refractivity contribution in [1.82, 2.24) is 0 Å². The van der Waals surface area contributed by atoms with Gasteiger partial charge in [0.25, 0.3) is 0 Å². The first-order chi connectivity index (χ1) is 29.4. The van der Waals surface area contributed by atoms with E-state index in [0.717, 1.165) is 44.1 Å². The molecular formula is C53H42O5P2. The third kappa shape index (κ3) is 5.60. The van der Waals surface area contributed by atoms with Crippen molar-refractivity contribution in [2.45, 2.75) is 5.41 Å². The lowest BCUT2D eigenvalue weighted by Gasteiger charge is -2.36. The molecular weight excluding hydrogens is 779 g/mol. The van der Waals surface area contributed by atoms with Crippen LogP contribution >= 0.6 is 15.1 Å². The average Bonchev–Trinajstić information content (AvgIpc) is 3.79. The Morgan fingerprint density at radius 3 is 1.23 bits per heavy atom. The molecule has 0 aliphatic heterocycles. The quantitative estimate of drug-likeness (QED) is 0.129. The first-order valence-corrected chi connectivity index (χ1v) is 23.0. The number of hydrogen-bond acceptors (Lipinski definition) is 5. The minimum absolute atomic E-state index is 0.705. The number of hydrogen-bond donors (Lipinski definition) is 0. The Morgan fingerprint density at radius 2 is 0.783 bits per heavy atom. The van der Waals surface area contributed by atoms with Gasteiger partial charge in [-0.05, 0) is 141 Å². The summed E-state index contributed by atoms with van der Waals surface area (Å²) in [5, 5.41) is 5.88. The van der Waals surface area contributed by atoms with Crippen molar-refractivity contribution in [3.63, 3.8) is 0 Å². The Bertz CT molecular complexity index is 2830. The van der Waals surface area contributed by atoms with Gasteiger partial charge in [-0.25, -0.2) is 0 Å². The van der Waals surface area contributed by atoms with E-state index in [0.29, 0.717) is 11.5 Å². The molecule has 294 valence electrons. The normalized spacial score (nSPS) is 14.6. The third-order valence-corrected chi connectivity index (χ3v) is 17.8. The highest BCUT2D eigenvalue weighted by molar-refractivity contribution is 7.85. The smallest absolute Gasteiger partial charge is 0.171 e. The maximum absolute atomic E-state index is 17.0. The minimum atomic E-state index is -3.62. The second kappa shape index (κ2) is 15.0. The second-order valence-corrected chi connectivity index (χ2v) is 19.9. The summed E-state index contributed by atoms with van der Waals surface area (Å²) in [6.45, 7) is 0.